The van der Waals surface area contributed by atoms with Gasteiger partial charge in [-0.1, -0.05) is 13.8 Å². The number of carbonyl (C=O) groups excluding carboxylic acids is 1. The molecule has 0 unspecified atom stereocenters. The number of carbonyl (C=O) groups is 1. The number of hydrogen-bond acceptors (Lipinski definition) is 3. The fourth-order valence-corrected chi connectivity index (χ4v) is 1.67. The first kappa shape index (κ1) is 20.5. The minimum Gasteiger partial charge on any atom is -0.397 e. The number of nitrogens with zero attached hydrogens (tertiary/aromatic N) is 1. The third-order valence-corrected chi connectivity index (χ3v) is 2.87. The predicted molar refractivity (Wildman–Crippen MR) is 89.0 cm³/mol. The van der Waals surface area contributed by atoms with Crippen LogP contribution in [0.3, 0.4) is 0 Å². The molecule has 0 aliphatic carbocycles. The van der Waals surface area contributed by atoms with Gasteiger partial charge in [0.2, 0.25) is 0 Å². The molecule has 3 nitrogen and oxygen atoms in total. The Balaban J connectivity index is 0.000000366. The Bertz CT molecular complexity index is 639. The second-order valence-corrected chi connectivity index (χ2v) is 4.99. The normalized spacial score (nSPS) is 9.05. The SMILES string of the molecule is CC.Cc1ncc(Br)cc1N.O=C(Cl)c1ccc(F)cc1F. The van der Waals surface area contributed by atoms with Crippen LogP contribution in [0.2, 0.25) is 0 Å². The molecular weight excluding hydrogens is 378 g/mol. The molecule has 1 aromatic heterocycles. The maximum atomic E-state index is 12.6. The van der Waals surface area contributed by atoms with Crippen molar-refractivity contribution >= 4 is 38.5 Å². The number of halogens is 4. The van der Waals surface area contributed by atoms with Crippen LogP contribution in [-0.4, -0.2) is 10.2 Å². The monoisotopic (exact) mass is 392 g/mol. The van der Waals surface area contributed by atoms with E-state index in [4.69, 9.17) is 17.3 Å². The van der Waals surface area contributed by atoms with Crippen LogP contribution in [-0.2, 0) is 0 Å². The smallest absolute Gasteiger partial charge is 0.255 e. The van der Waals surface area contributed by atoms with Gasteiger partial charge in [-0.2, -0.15) is 0 Å². The van der Waals surface area contributed by atoms with Crippen LogP contribution in [0, 0.1) is 18.6 Å². The van der Waals surface area contributed by atoms with Gasteiger partial charge in [-0.3, -0.25) is 9.78 Å². The van der Waals surface area contributed by atoms with E-state index >= 15 is 0 Å². The standard InChI is InChI=1S/C7H3ClF2O.C6H7BrN2.C2H6/c8-7(11)5-2-1-4(9)3-6(5)10;1-4-6(8)2-5(7)3-9-4;1-2/h1-3H;2-3H,8H2,1H3;1-2H3. The van der Waals surface area contributed by atoms with Gasteiger partial charge in [0.25, 0.3) is 5.24 Å². The second kappa shape index (κ2) is 10.2. The van der Waals surface area contributed by atoms with Gasteiger partial charge in [0.1, 0.15) is 11.6 Å². The Morgan fingerprint density at radius 3 is 2.27 bits per heavy atom. The van der Waals surface area contributed by atoms with E-state index in [0.717, 1.165) is 28.0 Å². The van der Waals surface area contributed by atoms with Gasteiger partial charge in [0, 0.05) is 16.7 Å². The first-order chi connectivity index (χ1) is 10.3. The molecule has 0 radical (unpaired) electrons. The maximum Gasteiger partial charge on any atom is 0.255 e. The van der Waals surface area contributed by atoms with Crippen LogP contribution in [0.15, 0.2) is 34.9 Å². The van der Waals surface area contributed by atoms with Gasteiger partial charge in [0.15, 0.2) is 0 Å². The fraction of sp³-hybridized carbons (Fsp3) is 0.200. The minimum atomic E-state index is -0.940. The Labute approximate surface area is 141 Å². The number of nitrogen functional groups attached to an aromatic ring is 1. The second-order valence-electron chi connectivity index (χ2n) is 3.73. The number of anilines is 1. The van der Waals surface area contributed by atoms with E-state index in [9.17, 15) is 13.6 Å². The number of pyridine rings is 1. The Kier molecular flexibility index (Phi) is 9.53. The quantitative estimate of drug-likeness (QED) is 0.685. The molecule has 0 spiro atoms. The zero-order valence-electron chi connectivity index (χ0n) is 12.3. The highest BCUT2D eigenvalue weighted by Crippen LogP contribution is 2.14. The van der Waals surface area contributed by atoms with E-state index < -0.39 is 16.9 Å². The summed E-state index contributed by atoms with van der Waals surface area (Å²) in [5.41, 5.74) is 6.82. The summed E-state index contributed by atoms with van der Waals surface area (Å²) in [6.07, 6.45) is 1.73. The molecule has 0 atom stereocenters. The van der Waals surface area contributed by atoms with Crippen LogP contribution in [0.1, 0.15) is 29.9 Å². The highest BCUT2D eigenvalue weighted by Gasteiger charge is 2.08. The van der Waals surface area contributed by atoms with Crippen LogP contribution in [0.5, 0.6) is 0 Å². The summed E-state index contributed by atoms with van der Waals surface area (Å²) < 4.78 is 25.7. The van der Waals surface area contributed by atoms with Crippen molar-refractivity contribution in [1.82, 2.24) is 4.98 Å². The predicted octanol–water partition coefficient (Wildman–Crippen LogP) is 5.10. The molecule has 1 heterocycles. The Morgan fingerprint density at radius 1 is 1.27 bits per heavy atom. The lowest BCUT2D eigenvalue weighted by Crippen LogP contribution is -1.94. The van der Waals surface area contributed by atoms with Crippen molar-refractivity contribution in [2.75, 3.05) is 5.73 Å². The van der Waals surface area contributed by atoms with Gasteiger partial charge in [0.05, 0.1) is 16.9 Å². The summed E-state index contributed by atoms with van der Waals surface area (Å²) in [6, 6.07) is 4.41. The summed E-state index contributed by atoms with van der Waals surface area (Å²) >= 11 is 8.21. The molecule has 0 saturated carbocycles. The third kappa shape index (κ3) is 6.95. The fourth-order valence-electron chi connectivity index (χ4n) is 1.17. The van der Waals surface area contributed by atoms with Crippen molar-refractivity contribution in [2.45, 2.75) is 20.8 Å². The maximum absolute atomic E-state index is 12.6. The third-order valence-electron chi connectivity index (χ3n) is 2.24. The number of rotatable bonds is 1. The number of aromatic nitrogens is 1. The summed E-state index contributed by atoms with van der Waals surface area (Å²) in [6.45, 7) is 5.88. The van der Waals surface area contributed by atoms with Crippen LogP contribution < -0.4 is 5.73 Å². The van der Waals surface area contributed by atoms with E-state index in [1.54, 1.807) is 6.20 Å². The largest absolute Gasteiger partial charge is 0.397 e. The summed E-state index contributed by atoms with van der Waals surface area (Å²) in [4.78, 5) is 14.4. The van der Waals surface area contributed by atoms with Gasteiger partial charge in [-0.05, 0) is 52.7 Å². The summed E-state index contributed by atoms with van der Waals surface area (Å²) in [7, 11) is 0. The zero-order valence-corrected chi connectivity index (χ0v) is 14.7. The van der Waals surface area contributed by atoms with E-state index in [-0.39, 0.29) is 5.56 Å². The van der Waals surface area contributed by atoms with Crippen molar-refractivity contribution < 1.29 is 13.6 Å². The minimum absolute atomic E-state index is 0.312. The molecule has 2 N–H and O–H groups in total. The van der Waals surface area contributed by atoms with Crippen molar-refractivity contribution in [3.63, 3.8) is 0 Å². The Morgan fingerprint density at radius 2 is 1.86 bits per heavy atom. The van der Waals surface area contributed by atoms with Gasteiger partial charge in [-0.25, -0.2) is 8.78 Å². The average Bonchev–Trinajstić information content (AvgIpc) is 2.45. The molecule has 2 rings (SSSR count). The molecule has 22 heavy (non-hydrogen) atoms. The summed E-state index contributed by atoms with van der Waals surface area (Å²) in [5, 5.41) is -0.928. The molecule has 0 aliphatic heterocycles. The first-order valence-electron chi connectivity index (χ1n) is 6.33. The number of aryl methyl sites for hydroxylation is 1. The lowest BCUT2D eigenvalue weighted by Gasteiger charge is -1.96. The molecule has 1 aromatic carbocycles. The molecule has 0 aliphatic rings. The number of nitrogens with two attached hydrogens (primary N) is 1. The van der Waals surface area contributed by atoms with Gasteiger partial charge in [-0.15, -0.1) is 0 Å². The molecule has 7 heteroatoms. The first-order valence-corrected chi connectivity index (χ1v) is 7.51. The van der Waals surface area contributed by atoms with Gasteiger partial charge < -0.3 is 5.73 Å². The number of benzene rings is 1. The van der Waals surface area contributed by atoms with Crippen LogP contribution in [0.25, 0.3) is 0 Å². The molecule has 0 bridgehead atoms. The highest BCUT2D eigenvalue weighted by atomic mass is 79.9. The highest BCUT2D eigenvalue weighted by molar-refractivity contribution is 9.10. The topological polar surface area (TPSA) is 56.0 Å². The van der Waals surface area contributed by atoms with E-state index in [1.165, 1.54) is 0 Å². The molecule has 0 amide bonds. The molecule has 0 fully saturated rings. The summed E-state index contributed by atoms with van der Waals surface area (Å²) in [5.74, 6) is -1.67. The Hall–Kier alpha value is -1.53. The van der Waals surface area contributed by atoms with Crippen LogP contribution >= 0.6 is 27.5 Å². The van der Waals surface area contributed by atoms with Gasteiger partial charge >= 0.3 is 0 Å². The van der Waals surface area contributed by atoms with Crippen molar-refractivity contribution in [1.29, 1.82) is 0 Å². The zero-order chi connectivity index (χ0) is 17.3. The molecule has 2 aromatic rings. The lowest BCUT2D eigenvalue weighted by atomic mass is 10.2. The molecular formula is C15H16BrClF2N2O. The van der Waals surface area contributed by atoms with E-state index in [2.05, 4.69) is 20.9 Å². The van der Waals surface area contributed by atoms with Crippen molar-refractivity contribution in [3.05, 3.63) is 57.8 Å². The molecule has 0 saturated heterocycles. The van der Waals surface area contributed by atoms with E-state index in [0.29, 0.717) is 6.07 Å². The van der Waals surface area contributed by atoms with Crippen molar-refractivity contribution in [2.24, 2.45) is 0 Å². The average molecular weight is 394 g/mol. The van der Waals surface area contributed by atoms with Crippen LogP contribution in [0.4, 0.5) is 14.5 Å². The van der Waals surface area contributed by atoms with E-state index in [1.807, 2.05) is 26.8 Å². The van der Waals surface area contributed by atoms with Crippen molar-refractivity contribution in [3.8, 4) is 0 Å². The number of hydrogen-bond donors (Lipinski definition) is 1. The lowest BCUT2D eigenvalue weighted by molar-refractivity contribution is 0.107. The molecule has 120 valence electrons.